The van der Waals surface area contributed by atoms with Crippen molar-refractivity contribution in [1.29, 1.82) is 0 Å². The van der Waals surface area contributed by atoms with E-state index in [1.165, 1.54) is 5.56 Å². The maximum atomic E-state index is 5.78. The van der Waals surface area contributed by atoms with Crippen molar-refractivity contribution >= 4 is 31.9 Å². The summed E-state index contributed by atoms with van der Waals surface area (Å²) in [5, 5.41) is 0. The van der Waals surface area contributed by atoms with Crippen LogP contribution >= 0.6 is 31.9 Å². The number of hydrogen-bond acceptors (Lipinski definition) is 3. The third kappa shape index (κ3) is 3.86. The van der Waals surface area contributed by atoms with Crippen LogP contribution in [0.5, 0.6) is 5.75 Å². The number of nitrogens with one attached hydrogen (secondary N) is 1. The molecule has 2 rings (SSSR count). The van der Waals surface area contributed by atoms with Crippen LogP contribution in [0.3, 0.4) is 0 Å². The predicted molar refractivity (Wildman–Crippen MR) is 93.3 cm³/mol. The first kappa shape index (κ1) is 16.5. The molecule has 2 aromatic carbocycles. The van der Waals surface area contributed by atoms with Gasteiger partial charge in [0.25, 0.3) is 0 Å². The van der Waals surface area contributed by atoms with Gasteiger partial charge in [0.05, 0.1) is 13.2 Å². The summed E-state index contributed by atoms with van der Waals surface area (Å²) >= 11 is 7.15. The lowest BCUT2D eigenvalue weighted by atomic mass is 9.97. The van der Waals surface area contributed by atoms with E-state index in [0.717, 1.165) is 32.2 Å². The smallest absolute Gasteiger partial charge is 0.122 e. The number of methoxy groups -OCH3 is 1. The lowest BCUT2D eigenvalue weighted by molar-refractivity contribution is 0.405. The highest BCUT2D eigenvalue weighted by atomic mass is 79.9. The van der Waals surface area contributed by atoms with E-state index in [9.17, 15) is 0 Å². The third-order valence-corrected chi connectivity index (χ3v) is 5.04. The van der Waals surface area contributed by atoms with E-state index in [2.05, 4.69) is 62.4 Å². The molecule has 0 aromatic heterocycles. The number of benzene rings is 2. The van der Waals surface area contributed by atoms with Crippen LogP contribution in [0, 0.1) is 6.92 Å². The first-order valence-electron chi connectivity index (χ1n) is 6.60. The molecule has 2 aromatic rings. The third-order valence-electron chi connectivity index (χ3n) is 3.46. The monoisotopic (exact) mass is 412 g/mol. The summed E-state index contributed by atoms with van der Waals surface area (Å²) in [7, 11) is 1.68. The van der Waals surface area contributed by atoms with Crippen LogP contribution in [0.1, 0.15) is 22.7 Å². The lowest BCUT2D eigenvalue weighted by Gasteiger charge is -2.20. The molecular weight excluding hydrogens is 396 g/mol. The highest BCUT2D eigenvalue weighted by Crippen LogP contribution is 2.31. The number of rotatable bonds is 5. The largest absolute Gasteiger partial charge is 0.496 e. The van der Waals surface area contributed by atoms with Crippen LogP contribution in [-0.4, -0.2) is 7.11 Å². The predicted octanol–water partition coefficient (Wildman–Crippen LogP) is 4.28. The van der Waals surface area contributed by atoms with Gasteiger partial charge in [0.2, 0.25) is 0 Å². The maximum absolute atomic E-state index is 5.78. The molecule has 0 spiro atoms. The first-order chi connectivity index (χ1) is 10.1. The molecule has 0 radical (unpaired) electrons. The van der Waals surface area contributed by atoms with Crippen molar-refractivity contribution in [2.45, 2.75) is 19.4 Å². The maximum Gasteiger partial charge on any atom is 0.122 e. The summed E-state index contributed by atoms with van der Waals surface area (Å²) in [5.41, 5.74) is 6.33. The zero-order chi connectivity index (χ0) is 15.4. The van der Waals surface area contributed by atoms with Gasteiger partial charge in [-0.05, 0) is 48.2 Å². The second-order valence-corrected chi connectivity index (χ2v) is 6.57. The number of hydrogen-bond donors (Lipinski definition) is 2. The summed E-state index contributed by atoms with van der Waals surface area (Å²) in [6.07, 6.45) is 0.737. The zero-order valence-electron chi connectivity index (χ0n) is 12.0. The summed E-state index contributed by atoms with van der Waals surface area (Å²) in [6, 6.07) is 12.2. The molecule has 5 heteroatoms. The van der Waals surface area contributed by atoms with Gasteiger partial charge >= 0.3 is 0 Å². The van der Waals surface area contributed by atoms with Gasteiger partial charge in [-0.15, -0.1) is 0 Å². The minimum Gasteiger partial charge on any atom is -0.496 e. The second-order valence-electron chi connectivity index (χ2n) is 4.86. The van der Waals surface area contributed by atoms with Crippen LogP contribution in [0.15, 0.2) is 45.3 Å². The Morgan fingerprint density at radius 2 is 2.00 bits per heavy atom. The van der Waals surface area contributed by atoms with Gasteiger partial charge in [-0.2, -0.15) is 0 Å². The Morgan fingerprint density at radius 1 is 1.24 bits per heavy atom. The van der Waals surface area contributed by atoms with Gasteiger partial charge in [0, 0.05) is 8.95 Å². The quantitative estimate of drug-likeness (QED) is 0.568. The zero-order valence-corrected chi connectivity index (χ0v) is 15.2. The van der Waals surface area contributed by atoms with Gasteiger partial charge in [-0.25, -0.2) is 0 Å². The summed E-state index contributed by atoms with van der Waals surface area (Å²) in [5.74, 6) is 6.64. The molecule has 0 aliphatic carbocycles. The van der Waals surface area contributed by atoms with Gasteiger partial charge in [0.1, 0.15) is 5.75 Å². The molecule has 21 heavy (non-hydrogen) atoms. The molecule has 3 nitrogen and oxygen atoms in total. The van der Waals surface area contributed by atoms with Crippen molar-refractivity contribution in [3.63, 3.8) is 0 Å². The number of nitrogens with two attached hydrogens (primary N) is 1. The summed E-state index contributed by atoms with van der Waals surface area (Å²) in [4.78, 5) is 0. The molecule has 0 bridgehead atoms. The molecule has 3 N–H and O–H groups in total. The molecule has 0 fully saturated rings. The number of halogens is 2. The SMILES string of the molecule is COc1ccc(Br)cc1CC(NN)c1cccc(C)c1Br. The highest BCUT2D eigenvalue weighted by molar-refractivity contribution is 9.10. The summed E-state index contributed by atoms with van der Waals surface area (Å²) in [6.45, 7) is 2.07. The van der Waals surface area contributed by atoms with Crippen molar-refractivity contribution in [2.75, 3.05) is 7.11 Å². The topological polar surface area (TPSA) is 47.3 Å². The first-order valence-corrected chi connectivity index (χ1v) is 8.19. The minimum absolute atomic E-state index is 0.00229. The van der Waals surface area contributed by atoms with E-state index in [-0.39, 0.29) is 6.04 Å². The minimum atomic E-state index is 0.00229. The van der Waals surface area contributed by atoms with Gasteiger partial charge in [-0.1, -0.05) is 50.1 Å². The van der Waals surface area contributed by atoms with Crippen molar-refractivity contribution in [3.8, 4) is 5.75 Å². The number of ether oxygens (including phenoxy) is 1. The molecule has 0 saturated carbocycles. The second kappa shape index (κ2) is 7.40. The van der Waals surface area contributed by atoms with Gasteiger partial charge in [-0.3, -0.25) is 11.3 Å². The molecule has 0 saturated heterocycles. The van der Waals surface area contributed by atoms with Crippen molar-refractivity contribution in [2.24, 2.45) is 5.84 Å². The van der Waals surface area contributed by atoms with Crippen LogP contribution in [0.25, 0.3) is 0 Å². The van der Waals surface area contributed by atoms with E-state index < -0.39 is 0 Å². The fourth-order valence-electron chi connectivity index (χ4n) is 2.32. The number of aryl methyl sites for hydroxylation is 1. The Bertz CT molecular complexity index is 632. The van der Waals surface area contributed by atoms with Crippen LogP contribution in [0.2, 0.25) is 0 Å². The molecule has 0 aliphatic rings. The average Bonchev–Trinajstić information content (AvgIpc) is 2.48. The standard InChI is InChI=1S/C16H18Br2N2O/c1-10-4-3-5-13(16(10)18)14(20-19)9-11-8-12(17)6-7-15(11)21-2/h3-8,14,20H,9,19H2,1-2H3. The highest BCUT2D eigenvalue weighted by Gasteiger charge is 2.17. The average molecular weight is 414 g/mol. The van der Waals surface area contributed by atoms with E-state index >= 15 is 0 Å². The molecule has 0 heterocycles. The Kier molecular flexibility index (Phi) is 5.81. The molecule has 1 unspecified atom stereocenters. The van der Waals surface area contributed by atoms with Gasteiger partial charge < -0.3 is 4.74 Å². The molecule has 0 amide bonds. The van der Waals surface area contributed by atoms with Crippen molar-refractivity contribution < 1.29 is 4.74 Å². The Labute approximate surface area is 142 Å². The van der Waals surface area contributed by atoms with Crippen LogP contribution in [-0.2, 0) is 6.42 Å². The molecule has 0 aliphatic heterocycles. The van der Waals surface area contributed by atoms with Crippen LogP contribution < -0.4 is 16.0 Å². The Hall–Kier alpha value is -0.880. The fraction of sp³-hybridized carbons (Fsp3) is 0.250. The van der Waals surface area contributed by atoms with Gasteiger partial charge in [0.15, 0.2) is 0 Å². The van der Waals surface area contributed by atoms with E-state index in [4.69, 9.17) is 10.6 Å². The van der Waals surface area contributed by atoms with Crippen molar-refractivity contribution in [3.05, 3.63) is 62.0 Å². The Morgan fingerprint density at radius 3 is 2.67 bits per heavy atom. The lowest BCUT2D eigenvalue weighted by Crippen LogP contribution is -2.30. The number of hydrazine groups is 1. The van der Waals surface area contributed by atoms with Crippen molar-refractivity contribution in [1.82, 2.24) is 5.43 Å². The summed E-state index contributed by atoms with van der Waals surface area (Å²) < 4.78 is 7.54. The van der Waals surface area contributed by atoms with Crippen LogP contribution in [0.4, 0.5) is 0 Å². The molecule has 112 valence electrons. The molecule has 1 atom stereocenters. The molecular formula is C16H18Br2N2O. The van der Waals surface area contributed by atoms with E-state index in [1.807, 2.05) is 18.2 Å². The fourth-order valence-corrected chi connectivity index (χ4v) is 3.27. The van der Waals surface area contributed by atoms with E-state index in [0.29, 0.717) is 0 Å². The Balaban J connectivity index is 2.35. The normalized spacial score (nSPS) is 12.2. The van der Waals surface area contributed by atoms with E-state index in [1.54, 1.807) is 7.11 Å².